The second-order valence-electron chi connectivity index (χ2n) is 5.41. The molecule has 0 heterocycles. The van der Waals surface area contributed by atoms with Gasteiger partial charge in [0.05, 0.1) is 29.2 Å². The topological polar surface area (TPSA) is 90.2 Å². The summed E-state index contributed by atoms with van der Waals surface area (Å²) in [5, 5.41) is 20.0. The predicted octanol–water partition coefficient (Wildman–Crippen LogP) is 1.99. The summed E-state index contributed by atoms with van der Waals surface area (Å²) in [5.41, 5.74) is -0.546. The molecular weight excluding hydrogens is 263 g/mol. The van der Waals surface area contributed by atoms with Gasteiger partial charge in [-0.3, -0.25) is 9.59 Å². The molecule has 0 aliphatic heterocycles. The van der Waals surface area contributed by atoms with Crippen LogP contribution in [0.3, 0.4) is 0 Å². The van der Waals surface area contributed by atoms with Gasteiger partial charge in [0.25, 0.3) is 0 Å². The number of carboxylic acids is 1. The Morgan fingerprint density at radius 1 is 1.40 bits per heavy atom. The fourth-order valence-electron chi connectivity index (χ4n) is 2.48. The molecule has 20 heavy (non-hydrogen) atoms. The Kier molecular flexibility index (Phi) is 3.22. The number of hydrogen-bond donors (Lipinski definition) is 2. The Bertz CT molecular complexity index is 634. The molecule has 1 aliphatic rings. The first-order valence-corrected chi connectivity index (χ1v) is 6.02. The van der Waals surface area contributed by atoms with Crippen LogP contribution in [-0.2, 0) is 9.59 Å². The molecule has 2 rings (SSSR count). The van der Waals surface area contributed by atoms with Crippen molar-refractivity contribution in [3.8, 4) is 6.07 Å². The van der Waals surface area contributed by atoms with Crippen molar-refractivity contribution in [1.29, 1.82) is 5.26 Å². The van der Waals surface area contributed by atoms with Crippen molar-refractivity contribution in [3.05, 3.63) is 29.6 Å². The summed E-state index contributed by atoms with van der Waals surface area (Å²) in [6.45, 7) is 3.37. The van der Waals surface area contributed by atoms with E-state index in [1.54, 1.807) is 19.9 Å². The Labute approximate surface area is 115 Å². The van der Waals surface area contributed by atoms with Gasteiger partial charge in [-0.05, 0) is 23.6 Å². The van der Waals surface area contributed by atoms with Crippen LogP contribution in [0.5, 0.6) is 0 Å². The van der Waals surface area contributed by atoms with Crippen LogP contribution in [0.4, 0.5) is 10.1 Å². The molecule has 1 fully saturated rings. The Morgan fingerprint density at radius 3 is 2.50 bits per heavy atom. The molecule has 0 saturated heterocycles. The highest BCUT2D eigenvalue weighted by atomic mass is 19.1. The largest absolute Gasteiger partial charge is 0.481 e. The lowest BCUT2D eigenvalue weighted by Crippen LogP contribution is -2.18. The molecule has 1 saturated carbocycles. The number of nitriles is 1. The molecule has 2 atom stereocenters. The molecule has 0 aromatic heterocycles. The van der Waals surface area contributed by atoms with E-state index in [-0.39, 0.29) is 11.3 Å². The van der Waals surface area contributed by atoms with Crippen molar-refractivity contribution in [2.75, 3.05) is 5.32 Å². The van der Waals surface area contributed by atoms with Crippen molar-refractivity contribution >= 4 is 17.6 Å². The van der Waals surface area contributed by atoms with Gasteiger partial charge in [-0.1, -0.05) is 13.8 Å². The van der Waals surface area contributed by atoms with Gasteiger partial charge in [-0.25, -0.2) is 4.39 Å². The first-order valence-electron chi connectivity index (χ1n) is 6.02. The van der Waals surface area contributed by atoms with E-state index >= 15 is 0 Å². The molecule has 0 spiro atoms. The number of rotatable bonds is 3. The molecule has 0 unspecified atom stereocenters. The molecule has 104 valence electrons. The smallest absolute Gasteiger partial charge is 0.307 e. The maximum atomic E-state index is 13.6. The van der Waals surface area contributed by atoms with Gasteiger partial charge in [0.1, 0.15) is 5.82 Å². The molecule has 0 bridgehead atoms. The third-order valence-corrected chi connectivity index (χ3v) is 3.73. The highest BCUT2D eigenvalue weighted by Gasteiger charge is 2.65. The lowest BCUT2D eigenvalue weighted by molar-refractivity contribution is -0.140. The summed E-state index contributed by atoms with van der Waals surface area (Å²) >= 11 is 0. The van der Waals surface area contributed by atoms with Gasteiger partial charge in [-0.2, -0.15) is 5.26 Å². The summed E-state index contributed by atoms with van der Waals surface area (Å²) in [4.78, 5) is 23.0. The summed E-state index contributed by atoms with van der Waals surface area (Å²) in [6.07, 6.45) is 0. The molecule has 6 heteroatoms. The van der Waals surface area contributed by atoms with Crippen LogP contribution in [0, 0.1) is 34.4 Å². The van der Waals surface area contributed by atoms with Gasteiger partial charge in [-0.15, -0.1) is 0 Å². The highest BCUT2D eigenvalue weighted by molar-refractivity contribution is 5.99. The van der Waals surface area contributed by atoms with E-state index in [4.69, 9.17) is 10.4 Å². The number of carboxylic acid groups (broad SMARTS) is 1. The minimum Gasteiger partial charge on any atom is -0.481 e. The van der Waals surface area contributed by atoms with Crippen LogP contribution in [0.25, 0.3) is 0 Å². The predicted molar refractivity (Wildman–Crippen MR) is 68.1 cm³/mol. The van der Waals surface area contributed by atoms with E-state index in [1.165, 1.54) is 12.1 Å². The number of nitrogens with zero attached hydrogens (tertiary/aromatic N) is 1. The van der Waals surface area contributed by atoms with E-state index in [0.717, 1.165) is 6.07 Å². The van der Waals surface area contributed by atoms with Crippen molar-refractivity contribution in [1.82, 2.24) is 0 Å². The first-order chi connectivity index (χ1) is 9.28. The van der Waals surface area contributed by atoms with E-state index < -0.39 is 34.9 Å². The third-order valence-electron chi connectivity index (χ3n) is 3.73. The average molecular weight is 276 g/mol. The Hall–Kier alpha value is -2.42. The van der Waals surface area contributed by atoms with Gasteiger partial charge < -0.3 is 10.4 Å². The number of halogens is 1. The van der Waals surface area contributed by atoms with Crippen LogP contribution in [-0.4, -0.2) is 17.0 Å². The highest BCUT2D eigenvalue weighted by Crippen LogP contribution is 2.58. The third kappa shape index (κ3) is 2.23. The van der Waals surface area contributed by atoms with Gasteiger partial charge >= 0.3 is 5.97 Å². The zero-order valence-corrected chi connectivity index (χ0v) is 11.0. The molecule has 1 aliphatic carbocycles. The Morgan fingerprint density at radius 2 is 2.05 bits per heavy atom. The van der Waals surface area contributed by atoms with Crippen molar-refractivity contribution in [2.45, 2.75) is 13.8 Å². The van der Waals surface area contributed by atoms with Crippen LogP contribution < -0.4 is 5.32 Å². The molecule has 1 aromatic carbocycles. The monoisotopic (exact) mass is 276 g/mol. The number of anilines is 1. The number of hydrogen-bond acceptors (Lipinski definition) is 3. The van der Waals surface area contributed by atoms with Crippen molar-refractivity contribution in [3.63, 3.8) is 0 Å². The molecule has 1 aromatic rings. The SMILES string of the molecule is CC1(C)[C@H](C(=O)O)[C@@H]1C(=O)Nc1ccc(C#N)cc1F. The Balaban J connectivity index is 2.14. The molecular formula is C14H13FN2O3. The van der Waals surface area contributed by atoms with Gasteiger partial charge in [0.2, 0.25) is 5.91 Å². The number of carbonyl (C=O) groups is 2. The van der Waals surface area contributed by atoms with E-state index in [1.807, 2.05) is 0 Å². The molecule has 5 nitrogen and oxygen atoms in total. The van der Waals surface area contributed by atoms with E-state index in [2.05, 4.69) is 5.32 Å². The van der Waals surface area contributed by atoms with E-state index in [9.17, 15) is 14.0 Å². The summed E-state index contributed by atoms with van der Waals surface area (Å²) < 4.78 is 13.6. The maximum absolute atomic E-state index is 13.6. The fraction of sp³-hybridized carbons (Fsp3) is 0.357. The molecule has 1 amide bonds. The second kappa shape index (κ2) is 4.60. The van der Waals surface area contributed by atoms with Gasteiger partial charge in [0, 0.05) is 0 Å². The van der Waals surface area contributed by atoms with Crippen LogP contribution in [0.1, 0.15) is 19.4 Å². The second-order valence-corrected chi connectivity index (χ2v) is 5.41. The van der Waals surface area contributed by atoms with E-state index in [0.29, 0.717) is 0 Å². The van der Waals surface area contributed by atoms with Gasteiger partial charge in [0.15, 0.2) is 0 Å². The molecule has 2 N–H and O–H groups in total. The van der Waals surface area contributed by atoms with Crippen LogP contribution >= 0.6 is 0 Å². The fourth-order valence-corrected chi connectivity index (χ4v) is 2.48. The zero-order valence-electron chi connectivity index (χ0n) is 11.0. The summed E-state index contributed by atoms with van der Waals surface area (Å²) in [6, 6.07) is 5.47. The quantitative estimate of drug-likeness (QED) is 0.883. The minimum atomic E-state index is -1.03. The standard InChI is InChI=1S/C14H13FN2O3/c1-14(2)10(11(14)13(19)20)12(18)17-9-4-3-7(6-16)5-8(9)15/h3-5,10-11H,1-2H3,(H,17,18)(H,19,20)/t10-,11+/m1/s1. The van der Waals surface area contributed by atoms with Crippen LogP contribution in [0.2, 0.25) is 0 Å². The number of amides is 1. The number of nitrogens with one attached hydrogen (secondary N) is 1. The lowest BCUT2D eigenvalue weighted by Gasteiger charge is -2.07. The number of aliphatic carboxylic acids is 1. The van der Waals surface area contributed by atoms with Crippen LogP contribution in [0.15, 0.2) is 18.2 Å². The summed E-state index contributed by atoms with van der Waals surface area (Å²) in [7, 11) is 0. The van der Waals surface area contributed by atoms with Crippen molar-refractivity contribution in [2.24, 2.45) is 17.3 Å². The zero-order chi connectivity index (χ0) is 15.1. The molecule has 0 radical (unpaired) electrons. The number of carbonyl (C=O) groups excluding carboxylic acids is 1. The maximum Gasteiger partial charge on any atom is 0.307 e. The summed E-state index contributed by atoms with van der Waals surface area (Å²) in [5.74, 6) is -3.72. The normalized spacial score (nSPS) is 22.7. The lowest BCUT2D eigenvalue weighted by atomic mass is 10.1. The van der Waals surface area contributed by atoms with Crippen molar-refractivity contribution < 1.29 is 19.1 Å². The minimum absolute atomic E-state index is 0.0548. The first kappa shape index (κ1) is 14.0. The number of benzene rings is 1. The average Bonchev–Trinajstić information content (AvgIpc) is 2.95.